The van der Waals surface area contributed by atoms with Crippen molar-refractivity contribution >= 4 is 0 Å². The lowest BCUT2D eigenvalue weighted by atomic mass is 9.86. The molecular weight excluding hydrogens is 226 g/mol. The van der Waals surface area contributed by atoms with Crippen LogP contribution in [0.4, 0.5) is 0 Å². The topological polar surface area (TPSA) is 51.0 Å². The first-order chi connectivity index (χ1) is 8.78. The maximum atomic E-state index is 5.47. The molecule has 0 amide bonds. The van der Waals surface area contributed by atoms with Crippen molar-refractivity contribution in [3.8, 4) is 0 Å². The number of aromatic nitrogens is 2. The third-order valence-corrected chi connectivity index (χ3v) is 4.47. The lowest BCUT2D eigenvalue weighted by Crippen LogP contribution is -2.32. The van der Waals surface area contributed by atoms with Gasteiger partial charge in [-0.25, -0.2) is 0 Å². The van der Waals surface area contributed by atoms with Crippen molar-refractivity contribution in [1.29, 1.82) is 0 Å². The standard InChI is InChI=1S/C14H23N3O/c1-3-15-11-6-4-10(5-7-11)14-16-13(17-18-14)12-8-9(12)2/h9-12,15H,3-8H2,1-2H3. The summed E-state index contributed by atoms with van der Waals surface area (Å²) < 4.78 is 5.47. The smallest absolute Gasteiger partial charge is 0.229 e. The Labute approximate surface area is 109 Å². The molecule has 3 rings (SSSR count). The van der Waals surface area contributed by atoms with Crippen molar-refractivity contribution in [2.24, 2.45) is 5.92 Å². The third kappa shape index (κ3) is 2.44. The Morgan fingerprint density at radius 2 is 2.00 bits per heavy atom. The molecule has 2 atom stereocenters. The Morgan fingerprint density at radius 1 is 1.28 bits per heavy atom. The number of nitrogens with one attached hydrogen (secondary N) is 1. The van der Waals surface area contributed by atoms with Gasteiger partial charge in [-0.15, -0.1) is 0 Å². The molecular formula is C14H23N3O. The fourth-order valence-electron chi connectivity index (χ4n) is 3.08. The Kier molecular flexibility index (Phi) is 3.37. The van der Waals surface area contributed by atoms with Gasteiger partial charge < -0.3 is 9.84 Å². The largest absolute Gasteiger partial charge is 0.339 e. The minimum Gasteiger partial charge on any atom is -0.339 e. The van der Waals surface area contributed by atoms with Crippen LogP contribution < -0.4 is 5.32 Å². The van der Waals surface area contributed by atoms with Crippen LogP contribution in [0.5, 0.6) is 0 Å². The highest BCUT2D eigenvalue weighted by Crippen LogP contribution is 2.46. The van der Waals surface area contributed by atoms with E-state index in [1.807, 2.05) is 0 Å². The second-order valence-corrected chi connectivity index (χ2v) is 5.92. The Morgan fingerprint density at radius 3 is 2.61 bits per heavy atom. The summed E-state index contributed by atoms with van der Waals surface area (Å²) >= 11 is 0. The molecule has 2 saturated carbocycles. The summed E-state index contributed by atoms with van der Waals surface area (Å²) in [5, 5.41) is 7.69. The first-order valence-corrected chi connectivity index (χ1v) is 7.34. The second-order valence-electron chi connectivity index (χ2n) is 5.92. The van der Waals surface area contributed by atoms with Crippen molar-refractivity contribution in [2.75, 3.05) is 6.54 Å². The minimum absolute atomic E-state index is 0.496. The van der Waals surface area contributed by atoms with Crippen molar-refractivity contribution < 1.29 is 4.52 Å². The molecule has 2 fully saturated rings. The van der Waals surface area contributed by atoms with E-state index in [2.05, 4.69) is 29.3 Å². The van der Waals surface area contributed by atoms with Crippen molar-refractivity contribution in [1.82, 2.24) is 15.5 Å². The molecule has 0 aliphatic heterocycles. The SMILES string of the molecule is CCNC1CCC(c2nc(C3CC3C)no2)CC1. The van der Waals surface area contributed by atoms with Gasteiger partial charge >= 0.3 is 0 Å². The van der Waals surface area contributed by atoms with Crippen molar-refractivity contribution in [2.45, 2.75) is 63.8 Å². The van der Waals surface area contributed by atoms with Gasteiger partial charge in [-0.2, -0.15) is 4.98 Å². The molecule has 2 aliphatic rings. The molecule has 1 N–H and O–H groups in total. The van der Waals surface area contributed by atoms with E-state index >= 15 is 0 Å². The molecule has 1 aromatic heterocycles. The lowest BCUT2D eigenvalue weighted by Gasteiger charge is -2.26. The van der Waals surface area contributed by atoms with Crippen LogP contribution in [0.2, 0.25) is 0 Å². The number of hydrogen-bond acceptors (Lipinski definition) is 4. The van der Waals surface area contributed by atoms with Crippen LogP contribution in [0.15, 0.2) is 4.52 Å². The van der Waals surface area contributed by atoms with E-state index in [0.717, 1.165) is 24.2 Å². The molecule has 0 radical (unpaired) electrons. The van der Waals surface area contributed by atoms with Crippen molar-refractivity contribution in [3.05, 3.63) is 11.7 Å². The van der Waals surface area contributed by atoms with E-state index in [4.69, 9.17) is 4.52 Å². The van der Waals surface area contributed by atoms with E-state index in [-0.39, 0.29) is 0 Å². The minimum atomic E-state index is 0.496. The van der Waals surface area contributed by atoms with Gasteiger partial charge in [0.15, 0.2) is 5.82 Å². The molecule has 1 heterocycles. The molecule has 1 aromatic rings. The molecule has 18 heavy (non-hydrogen) atoms. The molecule has 100 valence electrons. The molecule has 0 spiro atoms. The predicted octanol–water partition coefficient (Wildman–Crippen LogP) is 2.83. The highest BCUT2D eigenvalue weighted by molar-refractivity contribution is 5.09. The number of nitrogens with zero attached hydrogens (tertiary/aromatic N) is 2. The summed E-state index contributed by atoms with van der Waals surface area (Å²) in [6.07, 6.45) is 6.05. The maximum absolute atomic E-state index is 5.47. The average Bonchev–Trinajstić information content (AvgIpc) is 2.93. The second kappa shape index (κ2) is 5.00. The van der Waals surface area contributed by atoms with Crippen LogP contribution in [0, 0.1) is 5.92 Å². The van der Waals surface area contributed by atoms with E-state index in [0.29, 0.717) is 17.9 Å². The zero-order chi connectivity index (χ0) is 12.5. The highest BCUT2D eigenvalue weighted by atomic mass is 16.5. The van der Waals surface area contributed by atoms with E-state index in [9.17, 15) is 0 Å². The highest BCUT2D eigenvalue weighted by Gasteiger charge is 2.38. The number of hydrogen-bond donors (Lipinski definition) is 1. The third-order valence-electron chi connectivity index (χ3n) is 4.47. The quantitative estimate of drug-likeness (QED) is 0.891. The van der Waals surface area contributed by atoms with Crippen LogP contribution in [-0.4, -0.2) is 22.7 Å². The normalized spacial score (nSPS) is 35.7. The first-order valence-electron chi connectivity index (χ1n) is 7.34. The number of rotatable bonds is 4. The molecule has 4 nitrogen and oxygen atoms in total. The summed E-state index contributed by atoms with van der Waals surface area (Å²) in [7, 11) is 0. The summed E-state index contributed by atoms with van der Waals surface area (Å²) in [4.78, 5) is 4.62. The van der Waals surface area contributed by atoms with Crippen LogP contribution in [0.1, 0.15) is 69.5 Å². The van der Waals surface area contributed by atoms with Gasteiger partial charge in [-0.05, 0) is 44.6 Å². The Hall–Kier alpha value is -0.900. The van der Waals surface area contributed by atoms with Gasteiger partial charge in [0.2, 0.25) is 5.89 Å². The summed E-state index contributed by atoms with van der Waals surface area (Å²) in [6.45, 7) is 5.50. The summed E-state index contributed by atoms with van der Waals surface area (Å²) in [5.41, 5.74) is 0. The monoisotopic (exact) mass is 249 g/mol. The molecule has 2 unspecified atom stereocenters. The van der Waals surface area contributed by atoms with Crippen LogP contribution in [0.25, 0.3) is 0 Å². The predicted molar refractivity (Wildman–Crippen MR) is 69.5 cm³/mol. The Balaban J connectivity index is 1.57. The fourth-order valence-corrected chi connectivity index (χ4v) is 3.08. The Bertz CT molecular complexity index is 395. The van der Waals surface area contributed by atoms with Gasteiger partial charge in [-0.3, -0.25) is 0 Å². The average molecular weight is 249 g/mol. The van der Waals surface area contributed by atoms with Crippen molar-refractivity contribution in [3.63, 3.8) is 0 Å². The summed E-state index contributed by atoms with van der Waals surface area (Å²) in [6, 6.07) is 0.692. The van der Waals surface area contributed by atoms with E-state index in [1.54, 1.807) is 0 Å². The molecule has 0 bridgehead atoms. The zero-order valence-corrected chi connectivity index (χ0v) is 11.4. The van der Waals surface area contributed by atoms with Gasteiger partial charge in [0.25, 0.3) is 0 Å². The molecule has 0 saturated heterocycles. The molecule has 0 aromatic carbocycles. The fraction of sp³-hybridized carbons (Fsp3) is 0.857. The van der Waals surface area contributed by atoms with Crippen LogP contribution in [-0.2, 0) is 0 Å². The molecule has 4 heteroatoms. The summed E-state index contributed by atoms with van der Waals surface area (Å²) in [5.74, 6) is 3.65. The van der Waals surface area contributed by atoms with Crippen LogP contribution >= 0.6 is 0 Å². The zero-order valence-electron chi connectivity index (χ0n) is 11.4. The first kappa shape index (κ1) is 12.2. The molecule has 2 aliphatic carbocycles. The maximum Gasteiger partial charge on any atom is 0.229 e. The van der Waals surface area contributed by atoms with Gasteiger partial charge in [0, 0.05) is 17.9 Å². The van der Waals surface area contributed by atoms with Gasteiger partial charge in [0.1, 0.15) is 0 Å². The van der Waals surface area contributed by atoms with E-state index < -0.39 is 0 Å². The van der Waals surface area contributed by atoms with Crippen LogP contribution in [0.3, 0.4) is 0 Å². The lowest BCUT2D eigenvalue weighted by molar-refractivity contribution is 0.283. The van der Waals surface area contributed by atoms with Gasteiger partial charge in [-0.1, -0.05) is 19.0 Å². The van der Waals surface area contributed by atoms with Gasteiger partial charge in [0.05, 0.1) is 0 Å². The van der Waals surface area contributed by atoms with E-state index in [1.165, 1.54) is 32.1 Å².